The van der Waals surface area contributed by atoms with Gasteiger partial charge in [-0.2, -0.15) is 0 Å². The zero-order valence-corrected chi connectivity index (χ0v) is 10.8. The zero-order chi connectivity index (χ0) is 15.4. The van der Waals surface area contributed by atoms with Gasteiger partial charge in [-0.25, -0.2) is 13.2 Å². The fourth-order valence-corrected chi connectivity index (χ4v) is 1.85. The number of halogens is 3. The Balaban J connectivity index is 2.21. The first-order valence-corrected chi connectivity index (χ1v) is 6.14. The molecule has 0 aliphatic heterocycles. The van der Waals surface area contributed by atoms with Gasteiger partial charge < -0.3 is 10.4 Å². The second-order valence-electron chi connectivity index (χ2n) is 4.37. The lowest BCUT2D eigenvalue weighted by Gasteiger charge is -2.16. The summed E-state index contributed by atoms with van der Waals surface area (Å²) in [4.78, 5) is 11.9. The molecule has 0 spiro atoms. The van der Waals surface area contributed by atoms with Crippen molar-refractivity contribution in [3.8, 4) is 0 Å². The Morgan fingerprint density at radius 3 is 2.19 bits per heavy atom. The third kappa shape index (κ3) is 3.41. The molecule has 3 nitrogen and oxygen atoms in total. The first-order chi connectivity index (χ1) is 10.0. The van der Waals surface area contributed by atoms with Gasteiger partial charge in [-0.3, -0.25) is 4.79 Å². The molecule has 0 aliphatic carbocycles. The van der Waals surface area contributed by atoms with Crippen molar-refractivity contribution < 1.29 is 23.1 Å². The van der Waals surface area contributed by atoms with Crippen LogP contribution in [0, 0.1) is 17.5 Å². The molecule has 0 saturated carbocycles. The highest BCUT2D eigenvalue weighted by atomic mass is 19.2. The molecule has 21 heavy (non-hydrogen) atoms. The summed E-state index contributed by atoms with van der Waals surface area (Å²) in [5.41, 5.74) is 0.275. The van der Waals surface area contributed by atoms with Crippen LogP contribution >= 0.6 is 0 Å². The van der Waals surface area contributed by atoms with Gasteiger partial charge in [0.1, 0.15) is 0 Å². The van der Waals surface area contributed by atoms with Crippen molar-refractivity contribution in [2.75, 3.05) is 6.61 Å². The van der Waals surface area contributed by atoms with E-state index < -0.39 is 29.4 Å². The summed E-state index contributed by atoms with van der Waals surface area (Å²) >= 11 is 0. The van der Waals surface area contributed by atoms with Crippen LogP contribution in [0.3, 0.4) is 0 Å². The third-order valence-corrected chi connectivity index (χ3v) is 2.94. The van der Waals surface area contributed by atoms with Gasteiger partial charge in [-0.15, -0.1) is 0 Å². The fraction of sp³-hybridized carbons (Fsp3) is 0.133. The number of aliphatic hydroxyl groups is 1. The minimum absolute atomic E-state index is 0.360. The molecule has 0 bridgehead atoms. The summed E-state index contributed by atoms with van der Waals surface area (Å²) < 4.78 is 39.0. The van der Waals surface area contributed by atoms with Crippen LogP contribution in [0.25, 0.3) is 0 Å². The number of hydrogen-bond donors (Lipinski definition) is 2. The summed E-state index contributed by atoms with van der Waals surface area (Å²) in [5.74, 6) is -5.33. The number of carbonyl (C=O) groups excluding carboxylic acids is 1. The molecular weight excluding hydrogens is 283 g/mol. The highest BCUT2D eigenvalue weighted by Crippen LogP contribution is 2.16. The fourth-order valence-electron chi connectivity index (χ4n) is 1.85. The van der Waals surface area contributed by atoms with Gasteiger partial charge in [-0.05, 0) is 17.7 Å². The highest BCUT2D eigenvalue weighted by Gasteiger charge is 2.18. The van der Waals surface area contributed by atoms with Gasteiger partial charge >= 0.3 is 0 Å². The van der Waals surface area contributed by atoms with E-state index >= 15 is 0 Å². The van der Waals surface area contributed by atoms with E-state index in [4.69, 9.17) is 0 Å². The number of rotatable bonds is 4. The number of hydrogen-bond acceptors (Lipinski definition) is 2. The number of nitrogens with one attached hydrogen (secondary N) is 1. The predicted octanol–water partition coefficient (Wildman–Crippen LogP) is 2.57. The lowest BCUT2D eigenvalue weighted by Crippen LogP contribution is -2.31. The van der Waals surface area contributed by atoms with Gasteiger partial charge in [0, 0.05) is 5.56 Å². The molecule has 2 N–H and O–H groups in total. The molecule has 2 aromatic rings. The van der Waals surface area contributed by atoms with Gasteiger partial charge in [-0.1, -0.05) is 30.3 Å². The molecule has 0 aromatic heterocycles. The lowest BCUT2D eigenvalue weighted by atomic mass is 10.1. The van der Waals surface area contributed by atoms with Gasteiger partial charge in [0.15, 0.2) is 17.5 Å². The molecular formula is C15H12F3NO2. The van der Waals surface area contributed by atoms with Crippen molar-refractivity contribution in [3.63, 3.8) is 0 Å². The van der Waals surface area contributed by atoms with Crippen LogP contribution in [0.1, 0.15) is 22.0 Å². The summed E-state index contributed by atoms with van der Waals surface area (Å²) in [5, 5.41) is 11.7. The van der Waals surface area contributed by atoms with Crippen LogP contribution in [0.4, 0.5) is 13.2 Å². The molecule has 0 aliphatic rings. The first kappa shape index (κ1) is 15.1. The molecule has 0 radical (unpaired) electrons. The van der Waals surface area contributed by atoms with E-state index in [0.717, 1.165) is 0 Å². The average molecular weight is 295 g/mol. The molecule has 1 amide bonds. The SMILES string of the molecule is O=C(N[C@H](CO)c1ccccc1)c1cc(F)c(F)c(F)c1. The monoisotopic (exact) mass is 295 g/mol. The molecule has 2 rings (SSSR count). The number of aliphatic hydroxyl groups excluding tert-OH is 1. The Morgan fingerprint density at radius 1 is 1.10 bits per heavy atom. The third-order valence-electron chi connectivity index (χ3n) is 2.94. The van der Waals surface area contributed by atoms with E-state index in [1.54, 1.807) is 30.3 Å². The Kier molecular flexibility index (Phi) is 4.59. The van der Waals surface area contributed by atoms with Crippen molar-refractivity contribution in [3.05, 3.63) is 71.0 Å². The predicted molar refractivity (Wildman–Crippen MR) is 70.1 cm³/mol. The maximum atomic E-state index is 13.1. The van der Waals surface area contributed by atoms with Crippen LogP contribution in [0.5, 0.6) is 0 Å². The van der Waals surface area contributed by atoms with Gasteiger partial charge in [0.05, 0.1) is 12.6 Å². The molecule has 110 valence electrons. The topological polar surface area (TPSA) is 49.3 Å². The molecule has 1 atom stereocenters. The van der Waals surface area contributed by atoms with Crippen LogP contribution in [0.2, 0.25) is 0 Å². The Hall–Kier alpha value is -2.34. The van der Waals surface area contributed by atoms with Crippen LogP contribution in [0.15, 0.2) is 42.5 Å². The maximum Gasteiger partial charge on any atom is 0.252 e. The molecule has 0 unspecified atom stereocenters. The Bertz CT molecular complexity index is 624. The van der Waals surface area contributed by atoms with Gasteiger partial charge in [0.2, 0.25) is 0 Å². The van der Waals surface area contributed by atoms with Crippen molar-refractivity contribution in [2.45, 2.75) is 6.04 Å². The first-order valence-electron chi connectivity index (χ1n) is 6.14. The Labute approximate surface area is 119 Å². The lowest BCUT2D eigenvalue weighted by molar-refractivity contribution is 0.0915. The minimum atomic E-state index is -1.63. The van der Waals surface area contributed by atoms with Crippen LogP contribution in [-0.4, -0.2) is 17.6 Å². The zero-order valence-electron chi connectivity index (χ0n) is 10.8. The quantitative estimate of drug-likeness (QED) is 0.852. The van der Waals surface area contributed by atoms with Crippen LogP contribution < -0.4 is 5.32 Å². The second kappa shape index (κ2) is 6.41. The van der Waals surface area contributed by atoms with Crippen molar-refractivity contribution in [1.82, 2.24) is 5.32 Å². The van der Waals surface area contributed by atoms with E-state index in [0.29, 0.717) is 17.7 Å². The maximum absolute atomic E-state index is 13.1. The van der Waals surface area contributed by atoms with E-state index in [1.807, 2.05) is 0 Å². The number of benzene rings is 2. The average Bonchev–Trinajstić information content (AvgIpc) is 2.50. The summed E-state index contributed by atoms with van der Waals surface area (Å²) in [6, 6.07) is 9.07. The summed E-state index contributed by atoms with van der Waals surface area (Å²) in [7, 11) is 0. The van der Waals surface area contributed by atoms with Crippen molar-refractivity contribution in [2.24, 2.45) is 0 Å². The van der Waals surface area contributed by atoms with E-state index in [2.05, 4.69) is 5.32 Å². The molecule has 0 fully saturated rings. The van der Waals surface area contributed by atoms with E-state index in [1.165, 1.54) is 0 Å². The largest absolute Gasteiger partial charge is 0.394 e. The van der Waals surface area contributed by atoms with Gasteiger partial charge in [0.25, 0.3) is 5.91 Å². The number of carbonyl (C=O) groups is 1. The molecule has 0 saturated heterocycles. The summed E-state index contributed by atoms with van der Waals surface area (Å²) in [6.45, 7) is -0.387. The highest BCUT2D eigenvalue weighted by molar-refractivity contribution is 5.94. The normalized spacial score (nSPS) is 12.0. The second-order valence-corrected chi connectivity index (χ2v) is 4.37. The Morgan fingerprint density at radius 2 is 1.67 bits per heavy atom. The smallest absolute Gasteiger partial charge is 0.252 e. The van der Waals surface area contributed by atoms with E-state index in [9.17, 15) is 23.1 Å². The standard InChI is InChI=1S/C15H12F3NO2/c16-11-6-10(7-12(17)14(11)18)15(21)19-13(8-20)9-4-2-1-3-5-9/h1-7,13,20H,8H2,(H,19,21)/t13-/m1/s1. The van der Waals surface area contributed by atoms with Crippen molar-refractivity contribution in [1.29, 1.82) is 0 Å². The summed E-state index contributed by atoms with van der Waals surface area (Å²) in [6.07, 6.45) is 0. The van der Waals surface area contributed by atoms with Crippen molar-refractivity contribution >= 4 is 5.91 Å². The minimum Gasteiger partial charge on any atom is -0.394 e. The van der Waals surface area contributed by atoms with E-state index in [-0.39, 0.29) is 12.2 Å². The molecule has 2 aromatic carbocycles. The number of amides is 1. The molecule has 6 heteroatoms. The van der Waals surface area contributed by atoms with Crippen LogP contribution in [-0.2, 0) is 0 Å². The molecule has 0 heterocycles.